The molecule has 3 aliphatic rings. The molecule has 2 bridgehead atoms. The van der Waals surface area contributed by atoms with E-state index in [2.05, 4.69) is 41.0 Å². The van der Waals surface area contributed by atoms with E-state index in [1.54, 1.807) is 0 Å². The minimum Gasteiger partial charge on any atom is -0.312 e. The second kappa shape index (κ2) is 4.56. The van der Waals surface area contributed by atoms with Crippen molar-refractivity contribution in [2.75, 3.05) is 6.54 Å². The second-order valence-corrected chi connectivity index (χ2v) is 5.17. The first-order valence-electron chi connectivity index (χ1n) is 6.42. The Hall–Kier alpha value is -0.860. The zero-order valence-electron chi connectivity index (χ0n) is 9.65. The molecule has 3 atom stereocenters. The Balaban J connectivity index is 1.56. The SMILES string of the molecule is c1ccc(CN[C@@H]2C[C@@H]3CC[C@H]2NC3)cc1. The third-order valence-electron chi connectivity index (χ3n) is 4.04. The van der Waals surface area contributed by atoms with Crippen molar-refractivity contribution >= 4 is 0 Å². The molecule has 0 amide bonds. The molecule has 1 saturated carbocycles. The van der Waals surface area contributed by atoms with E-state index in [1.807, 2.05) is 0 Å². The molecule has 0 unspecified atom stereocenters. The summed E-state index contributed by atoms with van der Waals surface area (Å²) in [5, 5.41) is 7.35. The van der Waals surface area contributed by atoms with Gasteiger partial charge in [0.15, 0.2) is 0 Å². The summed E-state index contributed by atoms with van der Waals surface area (Å²) in [4.78, 5) is 0. The molecule has 0 aromatic heterocycles. The van der Waals surface area contributed by atoms with Gasteiger partial charge in [-0.2, -0.15) is 0 Å². The lowest BCUT2D eigenvalue weighted by Gasteiger charge is -2.43. The maximum Gasteiger partial charge on any atom is 0.0227 e. The van der Waals surface area contributed by atoms with Gasteiger partial charge in [-0.3, -0.25) is 0 Å². The van der Waals surface area contributed by atoms with Gasteiger partial charge in [-0.15, -0.1) is 0 Å². The fourth-order valence-electron chi connectivity index (χ4n) is 3.08. The van der Waals surface area contributed by atoms with E-state index in [0.29, 0.717) is 12.1 Å². The van der Waals surface area contributed by atoms with Crippen LogP contribution in [0.3, 0.4) is 0 Å². The predicted molar refractivity (Wildman–Crippen MR) is 66.2 cm³/mol. The van der Waals surface area contributed by atoms with Crippen LogP contribution in [-0.4, -0.2) is 18.6 Å². The molecule has 1 aliphatic carbocycles. The molecule has 2 N–H and O–H groups in total. The Labute approximate surface area is 97.4 Å². The third-order valence-corrected chi connectivity index (χ3v) is 4.04. The first-order chi connectivity index (χ1) is 7.92. The Morgan fingerprint density at radius 3 is 2.69 bits per heavy atom. The smallest absolute Gasteiger partial charge is 0.0227 e. The third kappa shape index (κ3) is 2.13. The van der Waals surface area contributed by atoms with Gasteiger partial charge in [-0.1, -0.05) is 30.3 Å². The van der Waals surface area contributed by atoms with E-state index >= 15 is 0 Å². The number of hydrogen-bond donors (Lipinski definition) is 2. The van der Waals surface area contributed by atoms with Gasteiger partial charge in [-0.05, 0) is 37.3 Å². The standard InChI is InChI=1S/C14H20N2/c1-2-4-11(5-3-1)9-16-14-8-12-6-7-13(14)15-10-12/h1-5,12-16H,6-10H2/t12-,13+,14+/m0/s1. The van der Waals surface area contributed by atoms with Crippen molar-refractivity contribution in [1.29, 1.82) is 0 Å². The van der Waals surface area contributed by atoms with Gasteiger partial charge in [0.2, 0.25) is 0 Å². The molecule has 86 valence electrons. The summed E-state index contributed by atoms with van der Waals surface area (Å²) in [5.74, 6) is 0.915. The zero-order valence-corrected chi connectivity index (χ0v) is 9.65. The molecule has 2 aliphatic heterocycles. The van der Waals surface area contributed by atoms with E-state index < -0.39 is 0 Å². The van der Waals surface area contributed by atoms with Gasteiger partial charge in [0.1, 0.15) is 0 Å². The van der Waals surface area contributed by atoms with Crippen molar-refractivity contribution in [3.05, 3.63) is 35.9 Å². The lowest BCUT2D eigenvalue weighted by Crippen LogP contribution is -2.58. The maximum absolute atomic E-state index is 3.71. The minimum absolute atomic E-state index is 0.688. The summed E-state index contributed by atoms with van der Waals surface area (Å²) in [6.45, 7) is 2.25. The van der Waals surface area contributed by atoms with Crippen LogP contribution in [0.2, 0.25) is 0 Å². The number of hydrogen-bond acceptors (Lipinski definition) is 2. The van der Waals surface area contributed by atoms with Crippen LogP contribution >= 0.6 is 0 Å². The molecule has 0 spiro atoms. The molecule has 0 radical (unpaired) electrons. The zero-order chi connectivity index (χ0) is 10.8. The van der Waals surface area contributed by atoms with E-state index in [4.69, 9.17) is 0 Å². The highest BCUT2D eigenvalue weighted by atomic mass is 15.1. The first-order valence-corrected chi connectivity index (χ1v) is 6.42. The van der Waals surface area contributed by atoms with E-state index in [-0.39, 0.29) is 0 Å². The van der Waals surface area contributed by atoms with E-state index in [1.165, 1.54) is 31.4 Å². The summed E-state index contributed by atoms with van der Waals surface area (Å²) in [7, 11) is 0. The average Bonchev–Trinajstić information content (AvgIpc) is 2.39. The molecule has 4 rings (SSSR count). The van der Waals surface area contributed by atoms with Gasteiger partial charge in [0.05, 0.1) is 0 Å². The molecule has 16 heavy (non-hydrogen) atoms. The van der Waals surface area contributed by atoms with Crippen molar-refractivity contribution in [3.63, 3.8) is 0 Å². The maximum atomic E-state index is 3.71. The summed E-state index contributed by atoms with van der Waals surface area (Å²) < 4.78 is 0. The van der Waals surface area contributed by atoms with Crippen LogP contribution in [0.5, 0.6) is 0 Å². The Bertz CT molecular complexity index is 328. The van der Waals surface area contributed by atoms with Crippen LogP contribution in [0.4, 0.5) is 0 Å². The fourth-order valence-corrected chi connectivity index (χ4v) is 3.08. The minimum atomic E-state index is 0.688. The van der Waals surface area contributed by atoms with Crippen LogP contribution in [0.25, 0.3) is 0 Å². The van der Waals surface area contributed by atoms with Crippen LogP contribution in [0.15, 0.2) is 30.3 Å². The Morgan fingerprint density at radius 2 is 2.06 bits per heavy atom. The highest BCUT2D eigenvalue weighted by Crippen LogP contribution is 2.29. The van der Waals surface area contributed by atoms with Crippen molar-refractivity contribution in [1.82, 2.24) is 10.6 Å². The normalized spacial score (nSPS) is 32.9. The summed E-state index contributed by atoms with van der Waals surface area (Å²) in [6, 6.07) is 12.1. The van der Waals surface area contributed by atoms with Crippen LogP contribution in [0.1, 0.15) is 24.8 Å². The molecule has 2 saturated heterocycles. The number of nitrogens with one attached hydrogen (secondary N) is 2. The van der Waals surface area contributed by atoms with Gasteiger partial charge < -0.3 is 10.6 Å². The number of benzene rings is 1. The van der Waals surface area contributed by atoms with Gasteiger partial charge in [0, 0.05) is 18.6 Å². The topological polar surface area (TPSA) is 24.1 Å². The quantitative estimate of drug-likeness (QED) is 0.806. The van der Waals surface area contributed by atoms with Crippen molar-refractivity contribution < 1.29 is 0 Å². The van der Waals surface area contributed by atoms with Crippen LogP contribution in [0, 0.1) is 5.92 Å². The lowest BCUT2D eigenvalue weighted by atomic mass is 9.78. The average molecular weight is 216 g/mol. The first kappa shape index (κ1) is 10.3. The summed E-state index contributed by atoms with van der Waals surface area (Å²) in [6.07, 6.45) is 4.16. The molecule has 1 aromatic carbocycles. The molecule has 1 aromatic rings. The molecule has 2 nitrogen and oxygen atoms in total. The van der Waals surface area contributed by atoms with Crippen molar-refractivity contribution in [2.24, 2.45) is 5.92 Å². The Morgan fingerprint density at radius 1 is 1.19 bits per heavy atom. The fraction of sp³-hybridized carbons (Fsp3) is 0.571. The number of piperidine rings is 2. The Kier molecular flexibility index (Phi) is 2.94. The molecular formula is C14H20N2. The molecule has 3 fully saturated rings. The van der Waals surface area contributed by atoms with Gasteiger partial charge in [0.25, 0.3) is 0 Å². The molecular weight excluding hydrogens is 196 g/mol. The highest BCUT2D eigenvalue weighted by molar-refractivity contribution is 5.14. The van der Waals surface area contributed by atoms with Crippen molar-refractivity contribution in [3.8, 4) is 0 Å². The van der Waals surface area contributed by atoms with Gasteiger partial charge >= 0.3 is 0 Å². The van der Waals surface area contributed by atoms with Gasteiger partial charge in [-0.25, -0.2) is 0 Å². The van der Waals surface area contributed by atoms with Crippen LogP contribution < -0.4 is 10.6 Å². The summed E-state index contributed by atoms with van der Waals surface area (Å²) >= 11 is 0. The van der Waals surface area contributed by atoms with Crippen LogP contribution in [-0.2, 0) is 6.54 Å². The molecule has 2 heteroatoms. The lowest BCUT2D eigenvalue weighted by molar-refractivity contribution is 0.159. The molecule has 2 heterocycles. The predicted octanol–water partition coefficient (Wildman–Crippen LogP) is 1.92. The monoisotopic (exact) mass is 216 g/mol. The largest absolute Gasteiger partial charge is 0.312 e. The van der Waals surface area contributed by atoms with Crippen molar-refractivity contribution in [2.45, 2.75) is 37.9 Å². The second-order valence-electron chi connectivity index (χ2n) is 5.17. The number of fused-ring (bicyclic) bond motifs is 3. The van der Waals surface area contributed by atoms with E-state index in [0.717, 1.165) is 12.5 Å². The highest BCUT2D eigenvalue weighted by Gasteiger charge is 2.34. The van der Waals surface area contributed by atoms with E-state index in [9.17, 15) is 0 Å². The summed E-state index contributed by atoms with van der Waals surface area (Å²) in [5.41, 5.74) is 1.39. The number of rotatable bonds is 3.